The van der Waals surface area contributed by atoms with Crippen LogP contribution in [0.25, 0.3) is 5.69 Å². The zero-order chi connectivity index (χ0) is 16.8. The van der Waals surface area contributed by atoms with E-state index < -0.39 is 0 Å². The van der Waals surface area contributed by atoms with Crippen molar-refractivity contribution in [3.05, 3.63) is 46.9 Å². The van der Waals surface area contributed by atoms with Crippen molar-refractivity contribution in [3.63, 3.8) is 0 Å². The second kappa shape index (κ2) is 7.69. The molecule has 0 saturated carbocycles. The third-order valence-corrected chi connectivity index (χ3v) is 4.37. The second-order valence-corrected chi connectivity index (χ2v) is 6.19. The second-order valence-electron chi connectivity index (χ2n) is 5.16. The lowest BCUT2D eigenvalue weighted by molar-refractivity contribution is -0.116. The van der Waals surface area contributed by atoms with Crippen LogP contribution in [-0.4, -0.2) is 33.2 Å². The summed E-state index contributed by atoms with van der Waals surface area (Å²) in [6.45, 7) is 0. The van der Waals surface area contributed by atoms with Crippen LogP contribution in [0.4, 0.5) is 5.69 Å². The molecule has 8 heteroatoms. The Bertz CT molecular complexity index is 787. The quantitative estimate of drug-likeness (QED) is 0.713. The van der Waals surface area contributed by atoms with Crippen LogP contribution in [0.2, 0.25) is 0 Å². The third kappa shape index (κ3) is 4.17. The Hall–Kier alpha value is -2.74. The number of carbonyl (C=O) groups excluding carboxylic acids is 1. The number of amides is 1. The molecule has 0 aliphatic heterocycles. The molecule has 0 aliphatic carbocycles. The van der Waals surface area contributed by atoms with Crippen molar-refractivity contribution in [2.24, 2.45) is 0 Å². The van der Waals surface area contributed by atoms with E-state index in [1.54, 1.807) is 36.6 Å². The lowest BCUT2D eigenvalue weighted by Crippen LogP contribution is -2.12. The van der Waals surface area contributed by atoms with Gasteiger partial charge in [-0.25, -0.2) is 4.68 Å². The first-order valence-electron chi connectivity index (χ1n) is 7.49. The predicted molar refractivity (Wildman–Crippen MR) is 91.6 cm³/mol. The van der Waals surface area contributed by atoms with Crippen molar-refractivity contribution in [2.45, 2.75) is 19.3 Å². The van der Waals surface area contributed by atoms with Crippen molar-refractivity contribution in [1.82, 2.24) is 20.2 Å². The summed E-state index contributed by atoms with van der Waals surface area (Å²) >= 11 is 1.71. The van der Waals surface area contributed by atoms with Crippen LogP contribution in [0, 0.1) is 0 Å². The van der Waals surface area contributed by atoms with E-state index in [1.165, 1.54) is 15.9 Å². The summed E-state index contributed by atoms with van der Waals surface area (Å²) in [4.78, 5) is 13.4. The Kier molecular flexibility index (Phi) is 5.17. The molecule has 7 nitrogen and oxygen atoms in total. The number of benzene rings is 1. The van der Waals surface area contributed by atoms with Crippen LogP contribution in [0.3, 0.4) is 0 Å². The normalized spacial score (nSPS) is 10.5. The van der Waals surface area contributed by atoms with E-state index in [0.29, 0.717) is 23.5 Å². The monoisotopic (exact) mass is 343 g/mol. The van der Waals surface area contributed by atoms with Gasteiger partial charge in [-0.15, -0.1) is 16.4 Å². The number of nitrogens with one attached hydrogen (secondary N) is 1. The molecule has 0 atom stereocenters. The van der Waals surface area contributed by atoms with Gasteiger partial charge in [0.1, 0.15) is 12.1 Å². The zero-order valence-electron chi connectivity index (χ0n) is 13.2. The predicted octanol–water partition coefficient (Wildman–Crippen LogP) is 2.69. The van der Waals surface area contributed by atoms with Gasteiger partial charge in [0, 0.05) is 29.1 Å². The zero-order valence-corrected chi connectivity index (χ0v) is 14.0. The molecule has 3 aromatic rings. The Balaban J connectivity index is 1.63. The topological polar surface area (TPSA) is 81.9 Å². The summed E-state index contributed by atoms with van der Waals surface area (Å²) in [6, 6.07) is 9.48. The number of anilines is 1. The van der Waals surface area contributed by atoms with Gasteiger partial charge < -0.3 is 10.1 Å². The Labute approximate surface area is 143 Å². The highest BCUT2D eigenvalue weighted by atomic mass is 32.1. The van der Waals surface area contributed by atoms with E-state index in [2.05, 4.69) is 26.9 Å². The molecule has 1 N–H and O–H groups in total. The molecule has 0 spiro atoms. The van der Waals surface area contributed by atoms with E-state index in [4.69, 9.17) is 4.74 Å². The number of nitrogens with zero attached hydrogens (tertiary/aromatic N) is 4. The number of thiophene rings is 1. The van der Waals surface area contributed by atoms with Crippen molar-refractivity contribution in [2.75, 3.05) is 12.4 Å². The molecule has 1 aromatic carbocycles. The molecule has 3 rings (SSSR count). The van der Waals surface area contributed by atoms with E-state index >= 15 is 0 Å². The van der Waals surface area contributed by atoms with Gasteiger partial charge in [-0.1, -0.05) is 6.07 Å². The van der Waals surface area contributed by atoms with Gasteiger partial charge in [-0.2, -0.15) is 0 Å². The summed E-state index contributed by atoms with van der Waals surface area (Å²) in [7, 11) is 1.57. The number of tetrazole rings is 1. The highest BCUT2D eigenvalue weighted by molar-refractivity contribution is 7.09. The minimum atomic E-state index is -0.0255. The molecular formula is C16H17N5O2S. The van der Waals surface area contributed by atoms with Crippen molar-refractivity contribution < 1.29 is 9.53 Å². The van der Waals surface area contributed by atoms with Gasteiger partial charge in [0.2, 0.25) is 5.91 Å². The maximum Gasteiger partial charge on any atom is 0.224 e. The minimum Gasteiger partial charge on any atom is -0.497 e. The van der Waals surface area contributed by atoms with Gasteiger partial charge in [0.25, 0.3) is 0 Å². The standard InChI is InChI=1S/C16H17N5O2S/c1-23-14-9-12(8-13(10-14)21-11-17-19-20-21)18-16(22)6-2-4-15-5-3-7-24-15/h3,5,7-11H,2,4,6H2,1H3,(H,18,22). The first kappa shape index (κ1) is 16.1. The number of methoxy groups -OCH3 is 1. The lowest BCUT2D eigenvalue weighted by Gasteiger charge is -2.10. The number of aryl methyl sites for hydroxylation is 1. The highest BCUT2D eigenvalue weighted by Crippen LogP contribution is 2.23. The minimum absolute atomic E-state index is 0.0255. The fraction of sp³-hybridized carbons (Fsp3) is 0.250. The maximum atomic E-state index is 12.1. The number of hydrogen-bond donors (Lipinski definition) is 1. The van der Waals surface area contributed by atoms with Gasteiger partial charge in [0.15, 0.2) is 0 Å². The lowest BCUT2D eigenvalue weighted by atomic mass is 10.2. The Morgan fingerprint density at radius 2 is 2.29 bits per heavy atom. The SMILES string of the molecule is COc1cc(NC(=O)CCCc2cccs2)cc(-n2cnnn2)c1. The molecule has 1 amide bonds. The van der Waals surface area contributed by atoms with E-state index in [0.717, 1.165) is 12.8 Å². The van der Waals surface area contributed by atoms with Crippen LogP contribution in [0.1, 0.15) is 17.7 Å². The Morgan fingerprint density at radius 3 is 3.00 bits per heavy atom. The van der Waals surface area contributed by atoms with Crippen molar-refractivity contribution >= 4 is 22.9 Å². The fourth-order valence-corrected chi connectivity index (χ4v) is 3.04. The summed E-state index contributed by atoms with van der Waals surface area (Å²) in [6.07, 6.45) is 3.69. The van der Waals surface area contributed by atoms with Gasteiger partial charge >= 0.3 is 0 Å². The number of ether oxygens (including phenoxy) is 1. The van der Waals surface area contributed by atoms with E-state index in [9.17, 15) is 4.79 Å². The summed E-state index contributed by atoms with van der Waals surface area (Å²) in [5, 5.41) is 16.0. The average molecular weight is 343 g/mol. The van der Waals surface area contributed by atoms with Gasteiger partial charge in [0.05, 0.1) is 12.8 Å². The average Bonchev–Trinajstić information content (AvgIpc) is 3.28. The molecule has 0 bridgehead atoms. The number of hydrogen-bond acceptors (Lipinski definition) is 6. The van der Waals surface area contributed by atoms with Crippen molar-refractivity contribution in [3.8, 4) is 11.4 Å². The molecule has 2 aromatic heterocycles. The first-order valence-corrected chi connectivity index (χ1v) is 8.37. The van der Waals surface area contributed by atoms with Crippen LogP contribution >= 0.6 is 11.3 Å². The van der Waals surface area contributed by atoms with Gasteiger partial charge in [-0.05, 0) is 40.8 Å². The summed E-state index contributed by atoms with van der Waals surface area (Å²) in [5.74, 6) is 0.597. The molecule has 2 heterocycles. The van der Waals surface area contributed by atoms with Gasteiger partial charge in [-0.3, -0.25) is 4.79 Å². The Morgan fingerprint density at radius 1 is 1.38 bits per heavy atom. The largest absolute Gasteiger partial charge is 0.497 e. The molecule has 0 unspecified atom stereocenters. The maximum absolute atomic E-state index is 12.1. The summed E-state index contributed by atoms with van der Waals surface area (Å²) in [5.41, 5.74) is 1.37. The summed E-state index contributed by atoms with van der Waals surface area (Å²) < 4.78 is 6.78. The number of aromatic nitrogens is 4. The van der Waals surface area contributed by atoms with Crippen LogP contribution in [-0.2, 0) is 11.2 Å². The van der Waals surface area contributed by atoms with E-state index in [1.807, 2.05) is 11.4 Å². The van der Waals surface area contributed by atoms with E-state index in [-0.39, 0.29) is 5.91 Å². The molecule has 0 fully saturated rings. The molecule has 0 saturated heterocycles. The smallest absolute Gasteiger partial charge is 0.224 e. The molecule has 0 radical (unpaired) electrons. The van der Waals surface area contributed by atoms with Crippen LogP contribution < -0.4 is 10.1 Å². The van der Waals surface area contributed by atoms with Crippen LogP contribution in [0.5, 0.6) is 5.75 Å². The third-order valence-electron chi connectivity index (χ3n) is 3.43. The van der Waals surface area contributed by atoms with Crippen molar-refractivity contribution in [1.29, 1.82) is 0 Å². The molecular weight excluding hydrogens is 326 g/mol. The molecule has 124 valence electrons. The highest BCUT2D eigenvalue weighted by Gasteiger charge is 2.08. The molecule has 0 aliphatic rings. The molecule has 24 heavy (non-hydrogen) atoms. The van der Waals surface area contributed by atoms with Crippen LogP contribution in [0.15, 0.2) is 42.0 Å². The fourth-order valence-electron chi connectivity index (χ4n) is 2.29. The first-order chi connectivity index (χ1) is 11.7. The number of rotatable bonds is 7. The number of carbonyl (C=O) groups is 1.